The van der Waals surface area contributed by atoms with Crippen molar-refractivity contribution in [2.75, 3.05) is 0 Å². The summed E-state index contributed by atoms with van der Waals surface area (Å²) in [5.41, 5.74) is -3.00. The highest BCUT2D eigenvalue weighted by Crippen LogP contribution is 2.37. The van der Waals surface area contributed by atoms with Gasteiger partial charge >= 0.3 is 6.18 Å². The summed E-state index contributed by atoms with van der Waals surface area (Å²) in [4.78, 5) is -0.838. The van der Waals surface area contributed by atoms with E-state index in [4.69, 9.17) is 0 Å². The topological polar surface area (TPSA) is 34.1 Å². The molecule has 0 fully saturated rings. The molecule has 0 radical (unpaired) electrons. The number of hydrogen-bond donors (Lipinski definition) is 0. The first-order chi connectivity index (χ1) is 8.58. The largest absolute Gasteiger partial charge is 0.421 e. The summed E-state index contributed by atoms with van der Waals surface area (Å²) in [6, 6.07) is 5.17. The average Bonchev–Trinajstić information content (AvgIpc) is 2.27. The Morgan fingerprint density at radius 1 is 1.05 bits per heavy atom. The number of alkyl halides is 5. The fourth-order valence-corrected chi connectivity index (χ4v) is 2.39. The van der Waals surface area contributed by atoms with E-state index in [0.717, 1.165) is 24.3 Å². The quantitative estimate of drug-likeness (QED) is 0.801. The van der Waals surface area contributed by atoms with Crippen LogP contribution in [0.1, 0.15) is 0 Å². The molecule has 9 heteroatoms. The molecule has 0 heterocycles. The van der Waals surface area contributed by atoms with Gasteiger partial charge in [0.05, 0.1) is 4.90 Å². The Kier molecular flexibility index (Phi) is 4.28. The Balaban J connectivity index is 3.50. The molecule has 0 aliphatic rings. The zero-order valence-corrected chi connectivity index (χ0v) is 9.77. The smallest absolute Gasteiger partial charge is 0.216 e. The van der Waals surface area contributed by atoms with Crippen molar-refractivity contribution in [2.24, 2.45) is 0 Å². The first kappa shape index (κ1) is 15.5. The van der Waals surface area contributed by atoms with E-state index in [1.165, 1.54) is 6.07 Å². The third-order valence-corrected chi connectivity index (χ3v) is 3.61. The van der Waals surface area contributed by atoms with Crippen LogP contribution in [0.25, 0.3) is 0 Å². The van der Waals surface area contributed by atoms with Gasteiger partial charge in [0.1, 0.15) is 5.57 Å². The molecule has 0 atom stereocenters. The van der Waals surface area contributed by atoms with Crippen LogP contribution >= 0.6 is 0 Å². The molecule has 0 aromatic heterocycles. The van der Waals surface area contributed by atoms with Crippen LogP contribution in [0.4, 0.5) is 26.3 Å². The zero-order chi connectivity index (χ0) is 14.8. The van der Waals surface area contributed by atoms with Gasteiger partial charge < -0.3 is 0 Å². The molecule has 0 N–H and O–H groups in total. The molecule has 1 rings (SSSR count). The van der Waals surface area contributed by atoms with E-state index < -0.39 is 38.1 Å². The third-order valence-electron chi connectivity index (χ3n) is 2.02. The van der Waals surface area contributed by atoms with Crippen molar-refractivity contribution in [1.82, 2.24) is 0 Å². The second-order valence-electron chi connectivity index (χ2n) is 3.30. The number of rotatable bonds is 3. The minimum absolute atomic E-state index is 0.800. The van der Waals surface area contributed by atoms with Gasteiger partial charge in [0.25, 0.3) is 6.43 Å². The van der Waals surface area contributed by atoms with Crippen molar-refractivity contribution in [1.29, 1.82) is 0 Å². The summed E-state index contributed by atoms with van der Waals surface area (Å²) in [6.45, 7) is 0. The van der Waals surface area contributed by atoms with Crippen LogP contribution in [0.2, 0.25) is 0 Å². The summed E-state index contributed by atoms with van der Waals surface area (Å²) >= 11 is 0. The van der Waals surface area contributed by atoms with Crippen LogP contribution in [0.5, 0.6) is 0 Å². The Hall–Kier alpha value is -1.51. The summed E-state index contributed by atoms with van der Waals surface area (Å²) < 4.78 is 97.4. The van der Waals surface area contributed by atoms with Crippen LogP contribution in [-0.2, 0) is 9.84 Å². The lowest BCUT2D eigenvalue weighted by atomic mass is 10.3. The van der Waals surface area contributed by atoms with Gasteiger partial charge in [0, 0.05) is 0 Å². The molecule has 0 aliphatic heterocycles. The molecular weight excluding hydrogens is 298 g/mol. The van der Waals surface area contributed by atoms with Gasteiger partial charge in [-0.05, 0) is 12.1 Å². The van der Waals surface area contributed by atoms with Crippen molar-refractivity contribution in [3.63, 3.8) is 0 Å². The van der Waals surface area contributed by atoms with E-state index in [2.05, 4.69) is 0 Å². The van der Waals surface area contributed by atoms with E-state index in [-0.39, 0.29) is 0 Å². The lowest BCUT2D eigenvalue weighted by molar-refractivity contribution is -0.110. The van der Waals surface area contributed by atoms with Crippen LogP contribution in [0, 0.1) is 0 Å². The van der Waals surface area contributed by atoms with Gasteiger partial charge in [-0.3, -0.25) is 0 Å². The third kappa shape index (κ3) is 3.28. The minimum atomic E-state index is -5.78. The molecule has 1 aromatic rings. The van der Waals surface area contributed by atoms with Crippen molar-refractivity contribution >= 4 is 9.84 Å². The number of hydrogen-bond acceptors (Lipinski definition) is 2. The lowest BCUT2D eigenvalue weighted by Gasteiger charge is -2.12. The zero-order valence-electron chi connectivity index (χ0n) is 8.96. The predicted molar refractivity (Wildman–Crippen MR) is 53.8 cm³/mol. The highest BCUT2D eigenvalue weighted by Gasteiger charge is 2.46. The molecule has 0 spiro atoms. The first-order valence-corrected chi connectivity index (χ1v) is 6.12. The number of halogens is 6. The number of benzene rings is 1. The summed E-state index contributed by atoms with van der Waals surface area (Å²) in [5.74, 6) is 0. The van der Waals surface area contributed by atoms with Crippen molar-refractivity contribution < 1.29 is 34.8 Å². The van der Waals surface area contributed by atoms with E-state index in [9.17, 15) is 34.8 Å². The Bertz CT molecular complexity index is 574. The van der Waals surface area contributed by atoms with Gasteiger partial charge in [-0.2, -0.15) is 17.6 Å². The van der Waals surface area contributed by atoms with Gasteiger partial charge in [-0.25, -0.2) is 17.2 Å². The lowest BCUT2D eigenvalue weighted by Crippen LogP contribution is -2.22. The van der Waals surface area contributed by atoms with Gasteiger partial charge in [0.2, 0.25) is 15.0 Å². The predicted octanol–water partition coefficient (Wildman–Crippen LogP) is 3.47. The fourth-order valence-electron chi connectivity index (χ4n) is 1.17. The highest BCUT2D eigenvalue weighted by molar-refractivity contribution is 7.95. The standard InChI is InChI=1S/C10H6F6O2S/c11-8(12)7(10(14,15)16)9(13)19(17,18)6-4-2-1-3-5-6/h1-5,8H. The Morgan fingerprint density at radius 2 is 1.53 bits per heavy atom. The molecule has 0 saturated heterocycles. The van der Waals surface area contributed by atoms with Crippen LogP contribution in [-0.4, -0.2) is 21.0 Å². The fraction of sp³-hybridized carbons (Fsp3) is 0.200. The van der Waals surface area contributed by atoms with Crippen molar-refractivity contribution in [3.8, 4) is 0 Å². The second-order valence-corrected chi connectivity index (χ2v) is 5.14. The Morgan fingerprint density at radius 3 is 1.89 bits per heavy atom. The van der Waals surface area contributed by atoms with E-state index in [1.807, 2.05) is 0 Å². The van der Waals surface area contributed by atoms with Crippen molar-refractivity contribution in [3.05, 3.63) is 41.1 Å². The number of sulfone groups is 1. The SMILES string of the molecule is O=S(=O)(C(F)=C(C(F)F)C(F)(F)F)c1ccccc1. The molecule has 0 saturated carbocycles. The van der Waals surface area contributed by atoms with Gasteiger partial charge in [0.15, 0.2) is 0 Å². The monoisotopic (exact) mass is 304 g/mol. The van der Waals surface area contributed by atoms with E-state index in [1.54, 1.807) is 0 Å². The molecule has 19 heavy (non-hydrogen) atoms. The Labute approximate surface area is 104 Å². The average molecular weight is 304 g/mol. The maximum Gasteiger partial charge on any atom is 0.421 e. The van der Waals surface area contributed by atoms with Crippen LogP contribution < -0.4 is 0 Å². The maximum atomic E-state index is 13.4. The number of allylic oxidation sites excluding steroid dienone is 1. The second kappa shape index (κ2) is 5.24. The van der Waals surface area contributed by atoms with Crippen LogP contribution in [0.3, 0.4) is 0 Å². The summed E-state index contributed by atoms with van der Waals surface area (Å²) in [7, 11) is -5.25. The first-order valence-electron chi connectivity index (χ1n) is 4.63. The van der Waals surface area contributed by atoms with E-state index >= 15 is 0 Å². The van der Waals surface area contributed by atoms with Crippen LogP contribution in [0.15, 0.2) is 46.0 Å². The molecule has 0 amide bonds. The molecule has 0 bridgehead atoms. The van der Waals surface area contributed by atoms with Crippen molar-refractivity contribution in [2.45, 2.75) is 17.5 Å². The highest BCUT2D eigenvalue weighted by atomic mass is 32.2. The maximum absolute atomic E-state index is 13.4. The summed E-state index contributed by atoms with van der Waals surface area (Å²) in [6.07, 6.45) is -10.1. The normalized spacial score (nSPS) is 14.5. The molecule has 0 unspecified atom stereocenters. The molecule has 1 aromatic carbocycles. The molecule has 2 nitrogen and oxygen atoms in total. The van der Waals surface area contributed by atoms with E-state index in [0.29, 0.717) is 0 Å². The minimum Gasteiger partial charge on any atom is -0.216 e. The summed E-state index contributed by atoms with van der Waals surface area (Å²) in [5, 5.41) is -2.89. The molecule has 106 valence electrons. The molecule has 0 aliphatic carbocycles. The van der Waals surface area contributed by atoms with Gasteiger partial charge in [-0.15, -0.1) is 0 Å². The molecular formula is C10H6F6O2S. The van der Waals surface area contributed by atoms with Gasteiger partial charge in [-0.1, -0.05) is 18.2 Å².